The highest BCUT2D eigenvalue weighted by Crippen LogP contribution is 2.37. The second-order valence-corrected chi connectivity index (χ2v) is 6.27. The quantitative estimate of drug-likeness (QED) is 0.853. The first-order valence-electron chi connectivity index (χ1n) is 7.42. The standard InChI is InChI=1S/C17H23N3/c1-10-8-12(3)20-15(9-10)19-16(17(20)18)14-7-5-6-11(2)13(14)4/h5-7,10,12H,8-9,18H2,1-4H3. The van der Waals surface area contributed by atoms with Crippen LogP contribution in [-0.2, 0) is 6.42 Å². The van der Waals surface area contributed by atoms with Crippen molar-refractivity contribution in [3.8, 4) is 11.3 Å². The van der Waals surface area contributed by atoms with Crippen LogP contribution in [0.3, 0.4) is 0 Å². The first-order chi connectivity index (χ1) is 9.49. The Labute approximate surface area is 120 Å². The number of aryl methyl sites for hydroxylation is 1. The zero-order chi connectivity index (χ0) is 14.4. The van der Waals surface area contributed by atoms with Gasteiger partial charge in [0.2, 0.25) is 0 Å². The van der Waals surface area contributed by atoms with Gasteiger partial charge in [-0.25, -0.2) is 4.98 Å². The fraction of sp³-hybridized carbons (Fsp3) is 0.471. The molecule has 0 amide bonds. The van der Waals surface area contributed by atoms with Crippen LogP contribution in [0.5, 0.6) is 0 Å². The summed E-state index contributed by atoms with van der Waals surface area (Å²) in [6.45, 7) is 8.82. The smallest absolute Gasteiger partial charge is 0.131 e. The van der Waals surface area contributed by atoms with E-state index in [0.29, 0.717) is 12.0 Å². The Morgan fingerprint density at radius 2 is 2.00 bits per heavy atom. The van der Waals surface area contributed by atoms with Crippen LogP contribution in [0.1, 0.15) is 43.3 Å². The van der Waals surface area contributed by atoms with Crippen LogP contribution in [0.4, 0.5) is 5.82 Å². The van der Waals surface area contributed by atoms with Crippen molar-refractivity contribution in [1.29, 1.82) is 0 Å². The lowest BCUT2D eigenvalue weighted by Crippen LogP contribution is -2.22. The van der Waals surface area contributed by atoms with Gasteiger partial charge < -0.3 is 10.3 Å². The molecule has 2 atom stereocenters. The van der Waals surface area contributed by atoms with Crippen molar-refractivity contribution >= 4 is 5.82 Å². The van der Waals surface area contributed by atoms with Gasteiger partial charge in [-0.1, -0.05) is 25.1 Å². The van der Waals surface area contributed by atoms with E-state index in [4.69, 9.17) is 10.7 Å². The Balaban J connectivity index is 2.17. The van der Waals surface area contributed by atoms with E-state index in [-0.39, 0.29) is 0 Å². The molecule has 20 heavy (non-hydrogen) atoms. The fourth-order valence-corrected chi connectivity index (χ4v) is 3.42. The van der Waals surface area contributed by atoms with Crippen molar-refractivity contribution in [2.75, 3.05) is 5.73 Å². The Morgan fingerprint density at radius 3 is 2.75 bits per heavy atom. The number of imidazole rings is 1. The van der Waals surface area contributed by atoms with E-state index in [1.54, 1.807) is 0 Å². The number of aromatic nitrogens is 2. The van der Waals surface area contributed by atoms with Gasteiger partial charge in [0.05, 0.1) is 0 Å². The molecule has 1 aromatic carbocycles. The molecule has 1 aliphatic rings. The number of rotatable bonds is 1. The maximum Gasteiger partial charge on any atom is 0.131 e. The van der Waals surface area contributed by atoms with Crippen LogP contribution in [0, 0.1) is 19.8 Å². The molecule has 2 heterocycles. The van der Waals surface area contributed by atoms with Crippen LogP contribution in [-0.4, -0.2) is 9.55 Å². The first kappa shape index (κ1) is 13.2. The fourth-order valence-electron chi connectivity index (χ4n) is 3.42. The van der Waals surface area contributed by atoms with Crippen molar-refractivity contribution in [1.82, 2.24) is 9.55 Å². The van der Waals surface area contributed by atoms with E-state index >= 15 is 0 Å². The topological polar surface area (TPSA) is 43.8 Å². The molecule has 2 unspecified atom stereocenters. The summed E-state index contributed by atoms with van der Waals surface area (Å²) in [6.07, 6.45) is 2.21. The van der Waals surface area contributed by atoms with Crippen molar-refractivity contribution in [2.24, 2.45) is 5.92 Å². The molecule has 0 spiro atoms. The molecule has 0 saturated heterocycles. The Morgan fingerprint density at radius 1 is 1.25 bits per heavy atom. The second-order valence-electron chi connectivity index (χ2n) is 6.27. The summed E-state index contributed by atoms with van der Waals surface area (Å²) in [5, 5.41) is 0. The molecule has 3 nitrogen and oxygen atoms in total. The molecule has 0 aliphatic carbocycles. The summed E-state index contributed by atoms with van der Waals surface area (Å²) < 4.78 is 2.23. The minimum atomic E-state index is 0.445. The summed E-state index contributed by atoms with van der Waals surface area (Å²) in [5.74, 6) is 2.66. The van der Waals surface area contributed by atoms with Gasteiger partial charge in [-0.15, -0.1) is 0 Å². The molecule has 3 rings (SSSR count). The number of benzene rings is 1. The van der Waals surface area contributed by atoms with Gasteiger partial charge in [0.15, 0.2) is 0 Å². The van der Waals surface area contributed by atoms with Gasteiger partial charge in [0, 0.05) is 18.0 Å². The van der Waals surface area contributed by atoms with Crippen molar-refractivity contribution < 1.29 is 0 Å². The van der Waals surface area contributed by atoms with E-state index in [9.17, 15) is 0 Å². The molecular formula is C17H23N3. The molecule has 106 valence electrons. The van der Waals surface area contributed by atoms with Gasteiger partial charge in [0.25, 0.3) is 0 Å². The van der Waals surface area contributed by atoms with Gasteiger partial charge in [-0.3, -0.25) is 0 Å². The number of hydrogen-bond acceptors (Lipinski definition) is 2. The summed E-state index contributed by atoms with van der Waals surface area (Å²) in [4.78, 5) is 4.86. The Kier molecular flexibility index (Phi) is 3.08. The molecule has 3 heteroatoms. The first-order valence-corrected chi connectivity index (χ1v) is 7.42. The van der Waals surface area contributed by atoms with Crippen molar-refractivity contribution in [3.63, 3.8) is 0 Å². The highest BCUT2D eigenvalue weighted by Gasteiger charge is 2.27. The van der Waals surface area contributed by atoms with E-state index in [0.717, 1.165) is 23.8 Å². The van der Waals surface area contributed by atoms with Crippen molar-refractivity contribution in [3.05, 3.63) is 35.2 Å². The lowest BCUT2D eigenvalue weighted by atomic mass is 9.95. The third kappa shape index (κ3) is 1.92. The van der Waals surface area contributed by atoms with Crippen LogP contribution >= 0.6 is 0 Å². The lowest BCUT2D eigenvalue weighted by Gasteiger charge is -2.27. The normalized spacial score (nSPS) is 21.8. The van der Waals surface area contributed by atoms with Crippen LogP contribution < -0.4 is 5.73 Å². The molecule has 0 bridgehead atoms. The molecule has 0 radical (unpaired) electrons. The molecular weight excluding hydrogens is 246 g/mol. The van der Waals surface area contributed by atoms with Gasteiger partial charge >= 0.3 is 0 Å². The summed E-state index contributed by atoms with van der Waals surface area (Å²) in [6, 6.07) is 6.79. The second kappa shape index (κ2) is 4.65. The number of nitrogens with zero attached hydrogens (tertiary/aromatic N) is 2. The van der Waals surface area contributed by atoms with Crippen LogP contribution in [0.15, 0.2) is 18.2 Å². The van der Waals surface area contributed by atoms with Gasteiger partial charge in [-0.05, 0) is 44.2 Å². The van der Waals surface area contributed by atoms with Gasteiger partial charge in [-0.2, -0.15) is 0 Å². The number of anilines is 1. The zero-order valence-corrected chi connectivity index (χ0v) is 12.8. The molecule has 2 N–H and O–H groups in total. The monoisotopic (exact) mass is 269 g/mol. The average Bonchev–Trinajstić information content (AvgIpc) is 2.70. The SMILES string of the molecule is Cc1cccc(-c2nc3n(c2N)C(C)CC(C)C3)c1C. The summed E-state index contributed by atoms with van der Waals surface area (Å²) in [5.41, 5.74) is 11.1. The molecule has 0 saturated carbocycles. The van der Waals surface area contributed by atoms with E-state index in [2.05, 4.69) is 50.5 Å². The maximum atomic E-state index is 6.41. The Bertz CT molecular complexity index is 654. The molecule has 1 aromatic heterocycles. The summed E-state index contributed by atoms with van der Waals surface area (Å²) >= 11 is 0. The number of fused-ring (bicyclic) bond motifs is 1. The zero-order valence-electron chi connectivity index (χ0n) is 12.8. The number of nitrogen functional groups attached to an aromatic ring is 1. The Hall–Kier alpha value is -1.77. The molecule has 1 aliphatic heterocycles. The number of nitrogens with two attached hydrogens (primary N) is 1. The van der Waals surface area contributed by atoms with E-state index < -0.39 is 0 Å². The van der Waals surface area contributed by atoms with E-state index in [1.807, 2.05) is 0 Å². The lowest BCUT2D eigenvalue weighted by molar-refractivity contribution is 0.346. The summed E-state index contributed by atoms with van der Waals surface area (Å²) in [7, 11) is 0. The third-order valence-electron chi connectivity index (χ3n) is 4.60. The van der Waals surface area contributed by atoms with Crippen LogP contribution in [0.25, 0.3) is 11.3 Å². The minimum absolute atomic E-state index is 0.445. The third-order valence-corrected chi connectivity index (χ3v) is 4.60. The van der Waals surface area contributed by atoms with Gasteiger partial charge in [0.1, 0.15) is 17.3 Å². The van der Waals surface area contributed by atoms with Crippen molar-refractivity contribution in [2.45, 2.75) is 46.6 Å². The predicted molar refractivity (Wildman–Crippen MR) is 83.7 cm³/mol. The van der Waals surface area contributed by atoms with Crippen LogP contribution in [0.2, 0.25) is 0 Å². The molecule has 0 fully saturated rings. The largest absolute Gasteiger partial charge is 0.383 e. The highest BCUT2D eigenvalue weighted by molar-refractivity contribution is 5.74. The maximum absolute atomic E-state index is 6.41. The highest BCUT2D eigenvalue weighted by atomic mass is 15.2. The number of hydrogen-bond donors (Lipinski definition) is 1. The average molecular weight is 269 g/mol. The molecule has 2 aromatic rings. The minimum Gasteiger partial charge on any atom is -0.383 e. The predicted octanol–water partition coefficient (Wildman–Crippen LogP) is 3.89. The van der Waals surface area contributed by atoms with E-state index in [1.165, 1.54) is 23.1 Å².